The molecule has 0 amide bonds. The molecule has 0 radical (unpaired) electrons. The number of esters is 1. The topological polar surface area (TPSA) is 66.8 Å². The fourth-order valence-corrected chi connectivity index (χ4v) is 4.89. The van der Waals surface area contributed by atoms with E-state index in [1.807, 2.05) is 18.2 Å². The van der Waals surface area contributed by atoms with E-state index in [4.69, 9.17) is 14.2 Å². The standard InChI is InChI=1S/C33H53NO5/c1-5-8-11-14-16-18-23-34-30-26-28(37-24-20-17-15-12-9-6-2)21-22-29(30)31(38-25-19-13-10-7-3)32(33(34)36)39-27(4)35/h21-22,26H,5-20,23-25H2,1-4H3. The maximum atomic E-state index is 13.7. The first kappa shape index (κ1) is 32.7. The number of benzene rings is 1. The minimum Gasteiger partial charge on any atom is -0.494 e. The van der Waals surface area contributed by atoms with E-state index in [1.165, 1.54) is 51.9 Å². The molecule has 0 saturated heterocycles. The van der Waals surface area contributed by atoms with E-state index >= 15 is 0 Å². The molecule has 0 aliphatic carbocycles. The Morgan fingerprint density at radius 1 is 0.692 bits per heavy atom. The van der Waals surface area contributed by atoms with Crippen LogP contribution in [0.5, 0.6) is 17.2 Å². The molecule has 0 bridgehead atoms. The lowest BCUT2D eigenvalue weighted by molar-refractivity contribution is -0.132. The monoisotopic (exact) mass is 543 g/mol. The highest BCUT2D eigenvalue weighted by Gasteiger charge is 2.21. The van der Waals surface area contributed by atoms with Crippen molar-refractivity contribution in [3.05, 3.63) is 28.6 Å². The van der Waals surface area contributed by atoms with Crippen LogP contribution < -0.4 is 19.8 Å². The van der Waals surface area contributed by atoms with Crippen LogP contribution in [-0.4, -0.2) is 23.8 Å². The van der Waals surface area contributed by atoms with E-state index in [1.54, 1.807) is 4.57 Å². The summed E-state index contributed by atoms with van der Waals surface area (Å²) in [7, 11) is 0. The third-order valence-electron chi connectivity index (χ3n) is 7.14. The van der Waals surface area contributed by atoms with Crippen molar-refractivity contribution in [2.75, 3.05) is 13.2 Å². The molecule has 0 saturated carbocycles. The number of aromatic nitrogens is 1. The van der Waals surface area contributed by atoms with Crippen LogP contribution in [0.1, 0.15) is 130 Å². The first-order valence-corrected chi connectivity index (χ1v) is 15.7. The highest BCUT2D eigenvalue weighted by molar-refractivity contribution is 5.90. The lowest BCUT2D eigenvalue weighted by Gasteiger charge is -2.19. The smallest absolute Gasteiger partial charge is 0.308 e. The number of pyridine rings is 1. The fourth-order valence-electron chi connectivity index (χ4n) is 4.89. The third-order valence-corrected chi connectivity index (χ3v) is 7.14. The SMILES string of the molecule is CCCCCCCCOc1ccc2c(OCCCCCC)c(OC(C)=O)c(=O)n(CCCCCCCC)c2c1. The molecule has 0 atom stereocenters. The van der Waals surface area contributed by atoms with E-state index in [-0.39, 0.29) is 11.3 Å². The Bertz CT molecular complexity index is 1030. The summed E-state index contributed by atoms with van der Waals surface area (Å²) < 4.78 is 19.5. The fraction of sp³-hybridized carbons (Fsp3) is 0.697. The van der Waals surface area contributed by atoms with Gasteiger partial charge in [0.1, 0.15) is 5.75 Å². The van der Waals surface area contributed by atoms with Crippen molar-refractivity contribution in [1.82, 2.24) is 4.57 Å². The van der Waals surface area contributed by atoms with Crippen molar-refractivity contribution < 1.29 is 19.0 Å². The molecule has 6 nitrogen and oxygen atoms in total. The summed E-state index contributed by atoms with van der Waals surface area (Å²) >= 11 is 0. The van der Waals surface area contributed by atoms with Crippen LogP contribution in [0.4, 0.5) is 0 Å². The van der Waals surface area contributed by atoms with Crippen LogP contribution in [0.2, 0.25) is 0 Å². The summed E-state index contributed by atoms with van der Waals surface area (Å²) in [5.74, 6) is 0.592. The predicted octanol–water partition coefficient (Wildman–Crippen LogP) is 8.99. The molecule has 1 heterocycles. The van der Waals surface area contributed by atoms with E-state index in [0.717, 1.165) is 74.4 Å². The second kappa shape index (κ2) is 19.5. The molecule has 0 fully saturated rings. The summed E-state index contributed by atoms with van der Waals surface area (Å²) in [5, 5.41) is 0.777. The van der Waals surface area contributed by atoms with Crippen LogP contribution in [0.15, 0.2) is 23.0 Å². The van der Waals surface area contributed by atoms with Crippen LogP contribution in [0.3, 0.4) is 0 Å². The highest BCUT2D eigenvalue weighted by Crippen LogP contribution is 2.35. The number of hydrogen-bond acceptors (Lipinski definition) is 5. The molecular formula is C33H53NO5. The van der Waals surface area contributed by atoms with Gasteiger partial charge < -0.3 is 18.8 Å². The Kier molecular flexibility index (Phi) is 16.4. The lowest BCUT2D eigenvalue weighted by atomic mass is 10.1. The Labute approximate surface area is 236 Å². The minimum atomic E-state index is -0.521. The van der Waals surface area contributed by atoms with Crippen LogP contribution in [-0.2, 0) is 11.3 Å². The van der Waals surface area contributed by atoms with Gasteiger partial charge in [0.05, 0.1) is 18.7 Å². The molecule has 0 N–H and O–H groups in total. The minimum absolute atomic E-state index is 0.00257. The second-order valence-corrected chi connectivity index (χ2v) is 10.7. The van der Waals surface area contributed by atoms with Gasteiger partial charge in [-0.2, -0.15) is 0 Å². The maximum absolute atomic E-state index is 13.7. The number of carbonyl (C=O) groups is 1. The maximum Gasteiger partial charge on any atom is 0.308 e. The van der Waals surface area contributed by atoms with Gasteiger partial charge in [-0.3, -0.25) is 9.59 Å². The molecule has 1 aromatic heterocycles. The average Bonchev–Trinajstić information content (AvgIpc) is 2.92. The number of carbonyl (C=O) groups excluding carboxylic acids is 1. The molecule has 1 aromatic carbocycles. The Balaban J connectivity index is 2.32. The van der Waals surface area contributed by atoms with Gasteiger partial charge in [-0.15, -0.1) is 0 Å². The summed E-state index contributed by atoms with van der Waals surface area (Å²) in [6.45, 7) is 9.63. The average molecular weight is 544 g/mol. The molecule has 6 heteroatoms. The zero-order valence-corrected chi connectivity index (χ0v) is 25.2. The van der Waals surface area contributed by atoms with Crippen LogP contribution >= 0.6 is 0 Å². The first-order chi connectivity index (χ1) is 19.0. The molecule has 0 aliphatic heterocycles. The van der Waals surface area contributed by atoms with E-state index in [9.17, 15) is 9.59 Å². The van der Waals surface area contributed by atoms with Crippen LogP contribution in [0, 0.1) is 0 Å². The van der Waals surface area contributed by atoms with Crippen molar-refractivity contribution in [2.45, 2.75) is 137 Å². The van der Waals surface area contributed by atoms with Crippen molar-refractivity contribution in [3.63, 3.8) is 0 Å². The number of ether oxygens (including phenoxy) is 3. The van der Waals surface area contributed by atoms with Gasteiger partial charge >= 0.3 is 5.97 Å². The lowest BCUT2D eigenvalue weighted by Crippen LogP contribution is -2.25. The van der Waals surface area contributed by atoms with Gasteiger partial charge in [-0.25, -0.2) is 0 Å². The summed E-state index contributed by atoms with van der Waals surface area (Å²) in [4.78, 5) is 25.7. The number of nitrogens with zero attached hydrogens (tertiary/aromatic N) is 1. The molecule has 0 aliphatic rings. The van der Waals surface area contributed by atoms with E-state index in [2.05, 4.69) is 20.8 Å². The van der Waals surface area contributed by atoms with Gasteiger partial charge in [0.2, 0.25) is 5.75 Å². The summed E-state index contributed by atoms with van der Waals surface area (Å²) in [6, 6.07) is 5.82. The molecule has 0 spiro atoms. The number of aryl methyl sites for hydroxylation is 1. The molecule has 2 aromatic rings. The molecule has 220 valence electrons. The summed E-state index contributed by atoms with van der Waals surface area (Å²) in [6.07, 6.45) is 18.2. The Morgan fingerprint density at radius 2 is 1.23 bits per heavy atom. The number of unbranched alkanes of at least 4 members (excludes halogenated alkanes) is 13. The van der Waals surface area contributed by atoms with Gasteiger partial charge in [-0.1, -0.05) is 104 Å². The van der Waals surface area contributed by atoms with Gasteiger partial charge in [0.25, 0.3) is 5.56 Å². The largest absolute Gasteiger partial charge is 0.494 e. The summed E-state index contributed by atoms with van der Waals surface area (Å²) in [5.41, 5.74) is 0.455. The quantitative estimate of drug-likeness (QED) is 0.109. The zero-order valence-electron chi connectivity index (χ0n) is 25.2. The molecule has 39 heavy (non-hydrogen) atoms. The highest BCUT2D eigenvalue weighted by atomic mass is 16.6. The predicted molar refractivity (Wildman–Crippen MR) is 161 cm³/mol. The van der Waals surface area contributed by atoms with Gasteiger partial charge in [0.15, 0.2) is 5.75 Å². The normalized spacial score (nSPS) is 11.2. The van der Waals surface area contributed by atoms with Gasteiger partial charge in [0, 0.05) is 24.9 Å². The van der Waals surface area contributed by atoms with Crippen molar-refractivity contribution in [3.8, 4) is 17.2 Å². The third kappa shape index (κ3) is 11.6. The van der Waals surface area contributed by atoms with Crippen LogP contribution in [0.25, 0.3) is 10.9 Å². The second-order valence-electron chi connectivity index (χ2n) is 10.7. The number of rotatable bonds is 22. The van der Waals surface area contributed by atoms with Crippen molar-refractivity contribution >= 4 is 16.9 Å². The number of hydrogen-bond donors (Lipinski definition) is 0. The Hall–Kier alpha value is -2.50. The first-order valence-electron chi connectivity index (χ1n) is 15.7. The zero-order chi connectivity index (χ0) is 28.3. The van der Waals surface area contributed by atoms with Gasteiger partial charge in [-0.05, 0) is 31.4 Å². The van der Waals surface area contributed by atoms with E-state index in [0.29, 0.717) is 25.5 Å². The molecule has 0 unspecified atom stereocenters. The Morgan fingerprint density at radius 3 is 1.85 bits per heavy atom. The number of fused-ring (bicyclic) bond motifs is 1. The molecular weight excluding hydrogens is 490 g/mol. The molecule has 2 rings (SSSR count). The van der Waals surface area contributed by atoms with Crippen molar-refractivity contribution in [1.29, 1.82) is 0 Å². The van der Waals surface area contributed by atoms with E-state index < -0.39 is 5.97 Å². The van der Waals surface area contributed by atoms with Crippen molar-refractivity contribution in [2.24, 2.45) is 0 Å².